The summed E-state index contributed by atoms with van der Waals surface area (Å²) in [5.74, 6) is 0.800. The van der Waals surface area contributed by atoms with Crippen molar-refractivity contribution in [2.24, 2.45) is 13.0 Å². The van der Waals surface area contributed by atoms with Gasteiger partial charge in [0.25, 0.3) is 0 Å². The van der Waals surface area contributed by atoms with Crippen LogP contribution >= 0.6 is 11.8 Å². The van der Waals surface area contributed by atoms with Crippen LogP contribution in [-0.4, -0.2) is 43.7 Å². The summed E-state index contributed by atoms with van der Waals surface area (Å²) in [5, 5.41) is 21.8. The maximum Gasteiger partial charge on any atom is 0.325 e. The van der Waals surface area contributed by atoms with Crippen LogP contribution in [0.4, 0.5) is 0 Å². The molecule has 0 amide bonds. The maximum atomic E-state index is 11.8. The molecule has 1 atom stereocenters. The molecule has 112 valence electrons. The van der Waals surface area contributed by atoms with Gasteiger partial charge in [0.2, 0.25) is 0 Å². The van der Waals surface area contributed by atoms with Crippen molar-refractivity contribution in [2.45, 2.75) is 43.8 Å². The lowest BCUT2D eigenvalue weighted by Gasteiger charge is -2.30. The van der Waals surface area contributed by atoms with Gasteiger partial charge in [-0.15, -0.1) is 10.2 Å². The van der Waals surface area contributed by atoms with Crippen LogP contribution in [-0.2, 0) is 11.8 Å². The van der Waals surface area contributed by atoms with Crippen LogP contribution in [0, 0.1) is 12.8 Å². The number of hydrogen-bond acceptors (Lipinski definition) is 5. The van der Waals surface area contributed by atoms with Crippen LogP contribution in [0.15, 0.2) is 5.16 Å². The summed E-state index contributed by atoms with van der Waals surface area (Å²) in [5.41, 5.74) is -0.833. The molecule has 7 heteroatoms. The van der Waals surface area contributed by atoms with Gasteiger partial charge in [0.1, 0.15) is 11.4 Å². The molecule has 0 spiro atoms. The van der Waals surface area contributed by atoms with Crippen molar-refractivity contribution in [3.63, 3.8) is 0 Å². The van der Waals surface area contributed by atoms with E-state index >= 15 is 0 Å². The van der Waals surface area contributed by atoms with Gasteiger partial charge < -0.3 is 15.0 Å². The third-order valence-corrected chi connectivity index (χ3v) is 5.04. The van der Waals surface area contributed by atoms with Gasteiger partial charge in [-0.3, -0.25) is 4.79 Å². The van der Waals surface area contributed by atoms with Crippen molar-refractivity contribution in [1.82, 2.24) is 20.1 Å². The number of nitrogens with one attached hydrogen (secondary N) is 1. The summed E-state index contributed by atoms with van der Waals surface area (Å²) in [6.45, 7) is 4.66. The van der Waals surface area contributed by atoms with E-state index in [9.17, 15) is 9.90 Å². The Hall–Kier alpha value is -1.08. The molecule has 1 aliphatic carbocycles. The fourth-order valence-corrected chi connectivity index (χ4v) is 3.48. The highest BCUT2D eigenvalue weighted by Crippen LogP contribution is 2.42. The number of aliphatic carboxylic acids is 1. The van der Waals surface area contributed by atoms with Crippen LogP contribution in [0.5, 0.6) is 0 Å². The zero-order valence-corrected chi connectivity index (χ0v) is 13.0. The molecule has 20 heavy (non-hydrogen) atoms. The Morgan fingerprint density at radius 1 is 1.55 bits per heavy atom. The van der Waals surface area contributed by atoms with Gasteiger partial charge in [0.15, 0.2) is 5.16 Å². The van der Waals surface area contributed by atoms with Crippen LogP contribution in [0.1, 0.15) is 32.0 Å². The Bertz CT molecular complexity index is 487. The maximum absolute atomic E-state index is 11.8. The van der Waals surface area contributed by atoms with E-state index in [-0.39, 0.29) is 5.92 Å². The Morgan fingerprint density at radius 2 is 2.25 bits per heavy atom. The van der Waals surface area contributed by atoms with Crippen molar-refractivity contribution in [3.8, 4) is 0 Å². The standard InChI is InChI=1S/C13H22N4O2S/c1-4-7-14-13(11(18)19,10-5-6-10)8-20-12-16-15-9(2)17(12)3/h10,14H,4-8H2,1-3H3,(H,18,19). The number of carboxylic acids is 1. The molecule has 0 aromatic carbocycles. The molecular weight excluding hydrogens is 276 g/mol. The summed E-state index contributed by atoms with van der Waals surface area (Å²) < 4.78 is 1.89. The van der Waals surface area contributed by atoms with E-state index in [0.29, 0.717) is 5.75 Å². The molecule has 1 heterocycles. The first-order valence-electron chi connectivity index (χ1n) is 6.98. The highest BCUT2D eigenvalue weighted by Gasteiger charge is 2.51. The monoisotopic (exact) mass is 298 g/mol. The van der Waals surface area contributed by atoms with Crippen molar-refractivity contribution in [1.29, 1.82) is 0 Å². The second kappa shape index (κ2) is 6.13. The Balaban J connectivity index is 2.11. The molecule has 0 saturated heterocycles. The van der Waals surface area contributed by atoms with E-state index in [1.807, 2.05) is 25.5 Å². The third kappa shape index (κ3) is 2.98. The van der Waals surface area contributed by atoms with Gasteiger partial charge in [-0.1, -0.05) is 18.7 Å². The van der Waals surface area contributed by atoms with Gasteiger partial charge in [0, 0.05) is 12.8 Å². The van der Waals surface area contributed by atoms with E-state index in [1.165, 1.54) is 11.8 Å². The minimum atomic E-state index is -0.833. The zero-order chi connectivity index (χ0) is 14.8. The smallest absolute Gasteiger partial charge is 0.325 e. The number of aromatic nitrogens is 3. The number of nitrogens with zero attached hydrogens (tertiary/aromatic N) is 3. The van der Waals surface area contributed by atoms with Gasteiger partial charge >= 0.3 is 5.97 Å². The molecule has 1 unspecified atom stereocenters. The number of rotatable bonds is 8. The first-order chi connectivity index (χ1) is 9.51. The van der Waals surface area contributed by atoms with Crippen molar-refractivity contribution in [2.75, 3.05) is 12.3 Å². The SMILES string of the molecule is CCCNC(CSc1nnc(C)n1C)(C(=O)O)C1CC1. The number of thioether (sulfide) groups is 1. The molecule has 1 aromatic rings. The lowest BCUT2D eigenvalue weighted by Crippen LogP contribution is -2.56. The van der Waals surface area contributed by atoms with Crippen LogP contribution in [0.25, 0.3) is 0 Å². The number of carboxylic acid groups (broad SMARTS) is 1. The first-order valence-corrected chi connectivity index (χ1v) is 7.97. The molecule has 0 radical (unpaired) electrons. The molecule has 0 aliphatic heterocycles. The van der Waals surface area contributed by atoms with Crippen molar-refractivity contribution in [3.05, 3.63) is 5.82 Å². The minimum Gasteiger partial charge on any atom is -0.480 e. The lowest BCUT2D eigenvalue weighted by atomic mass is 9.95. The molecule has 1 saturated carbocycles. The molecule has 2 rings (SSSR count). The number of hydrogen-bond donors (Lipinski definition) is 2. The van der Waals surface area contributed by atoms with Crippen LogP contribution < -0.4 is 5.32 Å². The predicted octanol–water partition coefficient (Wildman–Crippen LogP) is 1.45. The summed E-state index contributed by atoms with van der Waals surface area (Å²) in [6.07, 6.45) is 2.90. The highest BCUT2D eigenvalue weighted by atomic mass is 32.2. The molecule has 1 aliphatic rings. The van der Waals surface area contributed by atoms with E-state index in [2.05, 4.69) is 15.5 Å². The number of carbonyl (C=O) groups is 1. The fourth-order valence-electron chi connectivity index (χ4n) is 2.24. The molecule has 0 bridgehead atoms. The minimum absolute atomic E-state index is 0.230. The van der Waals surface area contributed by atoms with Crippen molar-refractivity contribution >= 4 is 17.7 Å². The second-order valence-corrected chi connectivity index (χ2v) is 6.30. The zero-order valence-electron chi connectivity index (χ0n) is 12.2. The largest absolute Gasteiger partial charge is 0.480 e. The molecule has 2 N–H and O–H groups in total. The topological polar surface area (TPSA) is 80.0 Å². The second-order valence-electron chi connectivity index (χ2n) is 5.36. The van der Waals surface area contributed by atoms with Crippen LogP contribution in [0.3, 0.4) is 0 Å². The fraction of sp³-hybridized carbons (Fsp3) is 0.769. The van der Waals surface area contributed by atoms with E-state index in [1.54, 1.807) is 0 Å². The third-order valence-electron chi connectivity index (χ3n) is 3.83. The summed E-state index contributed by atoms with van der Waals surface area (Å²) in [7, 11) is 1.90. The van der Waals surface area contributed by atoms with Crippen molar-refractivity contribution < 1.29 is 9.90 Å². The van der Waals surface area contributed by atoms with Gasteiger partial charge in [0.05, 0.1) is 0 Å². The molecule has 1 fully saturated rings. The Labute approximate surface area is 123 Å². The van der Waals surface area contributed by atoms with Gasteiger partial charge in [-0.2, -0.15) is 0 Å². The first kappa shape index (κ1) is 15.3. The lowest BCUT2D eigenvalue weighted by molar-refractivity contribution is -0.144. The predicted molar refractivity (Wildman–Crippen MR) is 77.8 cm³/mol. The Morgan fingerprint density at radius 3 is 2.70 bits per heavy atom. The summed E-state index contributed by atoms with van der Waals surface area (Å²) >= 11 is 1.47. The highest BCUT2D eigenvalue weighted by molar-refractivity contribution is 7.99. The summed E-state index contributed by atoms with van der Waals surface area (Å²) in [6, 6.07) is 0. The molecular formula is C13H22N4O2S. The summed E-state index contributed by atoms with van der Waals surface area (Å²) in [4.78, 5) is 11.8. The molecule has 6 nitrogen and oxygen atoms in total. The molecule has 1 aromatic heterocycles. The normalized spacial score (nSPS) is 17.9. The van der Waals surface area contributed by atoms with Crippen LogP contribution in [0.2, 0.25) is 0 Å². The van der Waals surface area contributed by atoms with E-state index in [4.69, 9.17) is 0 Å². The average Bonchev–Trinajstić information content (AvgIpc) is 3.21. The average molecular weight is 298 g/mol. The Kier molecular flexibility index (Phi) is 4.70. The van der Waals surface area contributed by atoms with E-state index in [0.717, 1.165) is 36.8 Å². The quantitative estimate of drug-likeness (QED) is 0.707. The number of aryl methyl sites for hydroxylation is 1. The van der Waals surface area contributed by atoms with Gasteiger partial charge in [-0.05, 0) is 38.6 Å². The van der Waals surface area contributed by atoms with Gasteiger partial charge in [-0.25, -0.2) is 0 Å². The van der Waals surface area contributed by atoms with E-state index < -0.39 is 11.5 Å².